The molecule has 0 aliphatic carbocycles. The van der Waals surface area contributed by atoms with Crippen molar-refractivity contribution in [3.05, 3.63) is 24.9 Å². The van der Waals surface area contributed by atoms with Crippen LogP contribution in [-0.2, 0) is 0 Å². The molecular weight excluding hydrogens is 106 g/mol. The lowest BCUT2D eigenvalue weighted by Gasteiger charge is -1.94. The van der Waals surface area contributed by atoms with Crippen LogP contribution in [0, 0.1) is 0 Å². The van der Waals surface area contributed by atoms with Gasteiger partial charge in [-0.1, -0.05) is 13.2 Å². The van der Waals surface area contributed by atoms with E-state index in [4.69, 9.17) is 5.11 Å². The van der Waals surface area contributed by atoms with E-state index in [1.165, 1.54) is 6.08 Å². The van der Waals surface area contributed by atoms with Crippen LogP contribution in [0.2, 0.25) is 0 Å². The summed E-state index contributed by atoms with van der Waals surface area (Å²) in [6.07, 6.45) is 0.212. The molecule has 3 nitrogen and oxygen atoms in total. The highest BCUT2D eigenvalue weighted by atomic mass is 16.4. The quantitative estimate of drug-likeness (QED) is 0.524. The van der Waals surface area contributed by atoms with Gasteiger partial charge in [0.1, 0.15) is 0 Å². The Balaban J connectivity index is 3.55. The van der Waals surface area contributed by atoms with Gasteiger partial charge in [-0.2, -0.15) is 0 Å². The summed E-state index contributed by atoms with van der Waals surface area (Å²) < 4.78 is 0. The molecule has 0 radical (unpaired) electrons. The van der Waals surface area contributed by atoms with Crippen molar-refractivity contribution >= 4 is 6.09 Å². The lowest BCUT2D eigenvalue weighted by molar-refractivity contribution is 0.198. The molecule has 0 bridgehead atoms. The fourth-order valence-electron chi connectivity index (χ4n) is 0.188. The fraction of sp³-hybridized carbons (Fsp3) is 0. The van der Waals surface area contributed by atoms with Crippen molar-refractivity contribution in [2.75, 3.05) is 0 Å². The van der Waals surface area contributed by atoms with Crippen LogP contribution in [0.3, 0.4) is 0 Å². The van der Waals surface area contributed by atoms with Gasteiger partial charge in [-0.05, 0) is 6.08 Å². The van der Waals surface area contributed by atoms with Crippen molar-refractivity contribution in [1.29, 1.82) is 0 Å². The molecule has 0 saturated heterocycles. The Kier molecular flexibility index (Phi) is 2.40. The highest BCUT2D eigenvalue weighted by Crippen LogP contribution is 1.80. The van der Waals surface area contributed by atoms with Crippen molar-refractivity contribution in [2.45, 2.75) is 0 Å². The first-order valence-corrected chi connectivity index (χ1v) is 1.98. The Morgan fingerprint density at radius 3 is 2.38 bits per heavy atom. The molecule has 0 aromatic heterocycles. The van der Waals surface area contributed by atoms with Gasteiger partial charge in [0.15, 0.2) is 0 Å². The molecule has 0 spiro atoms. The first-order chi connectivity index (χ1) is 3.66. The van der Waals surface area contributed by atoms with Gasteiger partial charge < -0.3 is 5.11 Å². The fourth-order valence-corrected chi connectivity index (χ4v) is 0.188. The molecule has 0 saturated carbocycles. The normalized spacial score (nSPS) is 7.50. The first-order valence-electron chi connectivity index (χ1n) is 1.98. The Morgan fingerprint density at radius 1 is 1.75 bits per heavy atom. The maximum Gasteiger partial charge on any atom is 0.409 e. The van der Waals surface area contributed by atoms with Crippen LogP contribution in [0.15, 0.2) is 24.9 Å². The Hall–Kier alpha value is -1.25. The third-order valence-corrected chi connectivity index (χ3v) is 0.514. The minimum absolute atomic E-state index is 0.289. The van der Waals surface area contributed by atoms with Gasteiger partial charge in [0.25, 0.3) is 0 Å². The molecule has 0 atom stereocenters. The second-order valence-corrected chi connectivity index (χ2v) is 1.16. The lowest BCUT2D eigenvalue weighted by Crippen LogP contribution is -2.17. The summed E-state index contributed by atoms with van der Waals surface area (Å²) >= 11 is 0. The van der Waals surface area contributed by atoms with E-state index in [0.717, 1.165) is 0 Å². The molecule has 2 N–H and O–H groups in total. The van der Waals surface area contributed by atoms with Crippen molar-refractivity contribution in [3.63, 3.8) is 0 Å². The van der Waals surface area contributed by atoms with E-state index in [9.17, 15) is 4.79 Å². The maximum absolute atomic E-state index is 9.75. The van der Waals surface area contributed by atoms with Crippen LogP contribution in [0.25, 0.3) is 0 Å². The molecule has 8 heavy (non-hydrogen) atoms. The standard InChI is InChI=1S/C5H7NO2/c1-3-4(2)6-5(7)8/h3,6H,1-2H2,(H,7,8). The SMILES string of the molecule is C=CC(=C)NC(=O)O. The summed E-state index contributed by atoms with van der Waals surface area (Å²) in [6.45, 7) is 6.59. The van der Waals surface area contributed by atoms with Gasteiger partial charge in [0.2, 0.25) is 0 Å². The van der Waals surface area contributed by atoms with Crippen molar-refractivity contribution in [2.24, 2.45) is 0 Å². The number of hydrogen-bond donors (Lipinski definition) is 2. The van der Waals surface area contributed by atoms with Gasteiger partial charge in [0, 0.05) is 5.70 Å². The number of nitrogens with one attached hydrogen (secondary N) is 1. The average molecular weight is 113 g/mol. The van der Waals surface area contributed by atoms with E-state index in [0.29, 0.717) is 0 Å². The Morgan fingerprint density at radius 2 is 2.25 bits per heavy atom. The van der Waals surface area contributed by atoms with Gasteiger partial charge in [-0.3, -0.25) is 5.32 Å². The van der Waals surface area contributed by atoms with Gasteiger partial charge in [0.05, 0.1) is 0 Å². The summed E-state index contributed by atoms with van der Waals surface area (Å²) in [7, 11) is 0. The van der Waals surface area contributed by atoms with Gasteiger partial charge in [-0.15, -0.1) is 0 Å². The van der Waals surface area contributed by atoms with E-state index >= 15 is 0 Å². The van der Waals surface area contributed by atoms with Gasteiger partial charge in [-0.25, -0.2) is 4.79 Å². The highest BCUT2D eigenvalue weighted by molar-refractivity contribution is 5.67. The third kappa shape index (κ3) is 2.96. The summed E-state index contributed by atoms with van der Waals surface area (Å²) in [6, 6.07) is 0. The smallest absolute Gasteiger partial charge is 0.409 e. The monoisotopic (exact) mass is 113 g/mol. The van der Waals surface area contributed by atoms with Crippen LogP contribution in [0.4, 0.5) is 4.79 Å². The minimum Gasteiger partial charge on any atom is -0.465 e. The molecule has 0 fully saturated rings. The number of hydrogen-bond acceptors (Lipinski definition) is 1. The van der Waals surface area contributed by atoms with E-state index < -0.39 is 6.09 Å². The topological polar surface area (TPSA) is 49.3 Å². The van der Waals surface area contributed by atoms with Crippen molar-refractivity contribution in [1.82, 2.24) is 5.32 Å². The number of rotatable bonds is 2. The summed E-state index contributed by atoms with van der Waals surface area (Å²) in [5.41, 5.74) is 0.289. The average Bonchev–Trinajstić information content (AvgIpc) is 1.65. The molecule has 0 heterocycles. The molecule has 0 rings (SSSR count). The second-order valence-electron chi connectivity index (χ2n) is 1.16. The molecule has 0 aromatic carbocycles. The molecule has 0 aliphatic heterocycles. The predicted molar refractivity (Wildman–Crippen MR) is 30.5 cm³/mol. The van der Waals surface area contributed by atoms with Crippen LogP contribution >= 0.6 is 0 Å². The largest absolute Gasteiger partial charge is 0.465 e. The van der Waals surface area contributed by atoms with E-state index in [-0.39, 0.29) is 5.70 Å². The van der Waals surface area contributed by atoms with E-state index in [1.54, 1.807) is 0 Å². The van der Waals surface area contributed by atoms with Crippen LogP contribution in [0.5, 0.6) is 0 Å². The van der Waals surface area contributed by atoms with E-state index in [1.807, 2.05) is 5.32 Å². The zero-order valence-electron chi connectivity index (χ0n) is 4.35. The second kappa shape index (κ2) is 2.85. The molecule has 1 amide bonds. The molecule has 0 unspecified atom stereocenters. The highest BCUT2D eigenvalue weighted by Gasteiger charge is 1.90. The number of amides is 1. The summed E-state index contributed by atoms with van der Waals surface area (Å²) in [5, 5.41) is 9.99. The lowest BCUT2D eigenvalue weighted by atomic mass is 10.5. The van der Waals surface area contributed by atoms with Crippen molar-refractivity contribution < 1.29 is 9.90 Å². The van der Waals surface area contributed by atoms with E-state index in [2.05, 4.69) is 13.2 Å². The zero-order valence-corrected chi connectivity index (χ0v) is 4.35. The Labute approximate surface area is 47.3 Å². The Bertz CT molecular complexity index is 128. The number of carboxylic acid groups (broad SMARTS) is 1. The number of allylic oxidation sites excluding steroid dienone is 1. The molecular formula is C5H7NO2. The first kappa shape index (κ1) is 6.75. The zero-order chi connectivity index (χ0) is 6.57. The molecule has 0 aromatic rings. The number of carbonyl (C=O) groups is 1. The minimum atomic E-state index is -1.12. The summed E-state index contributed by atoms with van der Waals surface area (Å²) in [5.74, 6) is 0. The summed E-state index contributed by atoms with van der Waals surface area (Å²) in [4.78, 5) is 9.75. The maximum atomic E-state index is 9.75. The van der Waals surface area contributed by atoms with Gasteiger partial charge >= 0.3 is 6.09 Å². The van der Waals surface area contributed by atoms with Crippen LogP contribution < -0.4 is 5.32 Å². The van der Waals surface area contributed by atoms with Crippen LogP contribution in [-0.4, -0.2) is 11.2 Å². The third-order valence-electron chi connectivity index (χ3n) is 0.514. The van der Waals surface area contributed by atoms with Crippen LogP contribution in [0.1, 0.15) is 0 Å². The molecule has 3 heteroatoms. The van der Waals surface area contributed by atoms with Crippen molar-refractivity contribution in [3.8, 4) is 0 Å². The predicted octanol–water partition coefficient (Wildman–Crippen LogP) is 0.954. The molecule has 0 aliphatic rings. The molecule has 44 valence electrons.